The second-order valence-electron chi connectivity index (χ2n) is 15.4. The average Bonchev–Trinajstić information content (AvgIpc) is 3.39. The van der Waals surface area contributed by atoms with E-state index < -0.39 is 12.1 Å². The van der Waals surface area contributed by atoms with Gasteiger partial charge in [-0.25, -0.2) is 0 Å². The molecule has 0 aliphatic rings. The normalized spacial score (nSPS) is 11.9. The van der Waals surface area contributed by atoms with Crippen LogP contribution in [0.5, 0.6) is 23.0 Å². The fraction of sp³-hybridized carbons (Fsp3) is 0.0741. The molecule has 2 amide bonds. The standard InChI is InChI=1S/2C27H20ClN3O3/c28-22-15-21(27(33)26-20(22)11-6-14-30-26)25(19-9-4-12-23-18(19)10-5-13-29-23)31-24(32)16-34-17-7-2-1-3-8-17;28-22-15-21(27(33)26-20(22)10-6-13-30-26)25(19-12-14-29-23-11-5-4-9-18(19)23)31-24(32)16-34-17-7-2-1-3-8-17/h2*1-15,25,33H,16H2,(H,31,32). The van der Waals surface area contributed by atoms with Crippen LogP contribution in [-0.2, 0) is 9.59 Å². The lowest BCUT2D eigenvalue weighted by Gasteiger charge is -2.23. The lowest BCUT2D eigenvalue weighted by atomic mass is 9.93. The first kappa shape index (κ1) is 44.9. The number of benzene rings is 6. The van der Waals surface area contributed by atoms with Crippen LogP contribution in [0.25, 0.3) is 43.6 Å². The van der Waals surface area contributed by atoms with Crippen LogP contribution in [0.4, 0.5) is 0 Å². The third kappa shape index (κ3) is 9.78. The predicted octanol–water partition coefficient (Wildman–Crippen LogP) is 10.9. The van der Waals surface area contributed by atoms with E-state index in [-0.39, 0.29) is 36.5 Å². The summed E-state index contributed by atoms with van der Waals surface area (Å²) in [6.07, 6.45) is 6.56. The third-order valence-corrected chi connectivity index (χ3v) is 11.8. The van der Waals surface area contributed by atoms with Crippen molar-refractivity contribution in [3.05, 3.63) is 215 Å². The SMILES string of the molecule is O=C(COc1ccccc1)NC(c1cc(Cl)c2cccnc2c1O)c1cccc2ncccc12.O=C(COc1ccccc1)NC(c1cc(Cl)c2cccnc2c1O)c1ccnc2ccccc12. The van der Waals surface area contributed by atoms with Crippen molar-refractivity contribution in [1.29, 1.82) is 0 Å². The first-order chi connectivity index (χ1) is 33.2. The number of para-hydroxylation sites is 3. The first-order valence-corrected chi connectivity index (χ1v) is 22.1. The zero-order valence-electron chi connectivity index (χ0n) is 36.0. The Hall–Kier alpha value is -8.32. The van der Waals surface area contributed by atoms with Gasteiger partial charge in [-0.15, -0.1) is 0 Å². The maximum absolute atomic E-state index is 13.0. The highest BCUT2D eigenvalue weighted by atomic mass is 35.5. The Morgan fingerprint density at radius 3 is 1.40 bits per heavy atom. The van der Waals surface area contributed by atoms with Gasteiger partial charge in [0, 0.05) is 57.5 Å². The summed E-state index contributed by atoms with van der Waals surface area (Å²) < 4.78 is 11.3. The Morgan fingerprint density at radius 1 is 0.456 bits per heavy atom. The Kier molecular flexibility index (Phi) is 13.5. The molecule has 0 bridgehead atoms. The molecule has 336 valence electrons. The van der Waals surface area contributed by atoms with Crippen LogP contribution in [-0.4, -0.2) is 55.2 Å². The van der Waals surface area contributed by atoms with Crippen molar-refractivity contribution in [2.24, 2.45) is 0 Å². The highest BCUT2D eigenvalue weighted by Gasteiger charge is 2.27. The topological polar surface area (TPSA) is 169 Å². The number of phenolic OH excluding ortho intramolecular Hbond substituents is 2. The summed E-state index contributed by atoms with van der Waals surface area (Å²) in [4.78, 5) is 43.4. The quantitative estimate of drug-likeness (QED) is 0.0925. The lowest BCUT2D eigenvalue weighted by Crippen LogP contribution is -2.33. The van der Waals surface area contributed by atoms with Crippen molar-refractivity contribution in [3.63, 3.8) is 0 Å². The van der Waals surface area contributed by atoms with Gasteiger partial charge in [0.25, 0.3) is 11.8 Å². The van der Waals surface area contributed by atoms with Crippen LogP contribution in [0, 0.1) is 0 Å². The van der Waals surface area contributed by atoms with Crippen LogP contribution in [0.2, 0.25) is 10.0 Å². The van der Waals surface area contributed by atoms with E-state index in [0.29, 0.717) is 54.5 Å². The van der Waals surface area contributed by atoms with E-state index in [1.54, 1.807) is 85.5 Å². The highest BCUT2D eigenvalue weighted by Crippen LogP contribution is 2.41. The number of hydrogen-bond donors (Lipinski definition) is 4. The number of aromatic nitrogens is 4. The summed E-state index contributed by atoms with van der Waals surface area (Å²) in [6.45, 7) is -0.381. The second kappa shape index (κ2) is 20.5. The number of fused-ring (bicyclic) bond motifs is 4. The summed E-state index contributed by atoms with van der Waals surface area (Å²) in [5.74, 6) is 0.372. The van der Waals surface area contributed by atoms with Gasteiger partial charge in [-0.1, -0.05) is 96.0 Å². The van der Waals surface area contributed by atoms with Crippen LogP contribution in [0.1, 0.15) is 34.3 Å². The Bertz CT molecular complexity index is 3200. The van der Waals surface area contributed by atoms with Gasteiger partial charge in [-0.05, 0) is 96.1 Å². The number of carbonyl (C=O) groups excluding carboxylic acids is 2. The summed E-state index contributed by atoms with van der Waals surface area (Å²) in [6, 6.07) is 46.0. The number of ether oxygens (including phenoxy) is 2. The maximum atomic E-state index is 13.0. The largest absolute Gasteiger partial charge is 0.505 e. The molecule has 0 aliphatic carbocycles. The minimum Gasteiger partial charge on any atom is -0.505 e. The molecule has 0 radical (unpaired) electrons. The molecule has 6 aromatic carbocycles. The Morgan fingerprint density at radius 2 is 0.868 bits per heavy atom. The first-order valence-electron chi connectivity index (χ1n) is 21.4. The van der Waals surface area contributed by atoms with E-state index in [1.165, 1.54) is 0 Å². The molecule has 10 aromatic rings. The average molecular weight is 940 g/mol. The van der Waals surface area contributed by atoms with Gasteiger partial charge in [0.05, 0.1) is 33.2 Å². The van der Waals surface area contributed by atoms with Crippen LogP contribution in [0.3, 0.4) is 0 Å². The number of nitrogens with zero attached hydrogens (tertiary/aromatic N) is 4. The predicted molar refractivity (Wildman–Crippen MR) is 264 cm³/mol. The minimum atomic E-state index is -0.719. The van der Waals surface area contributed by atoms with E-state index in [9.17, 15) is 19.8 Å². The van der Waals surface area contributed by atoms with E-state index in [0.717, 1.165) is 32.9 Å². The van der Waals surface area contributed by atoms with Gasteiger partial charge in [0.1, 0.15) is 34.0 Å². The Labute approximate surface area is 399 Å². The summed E-state index contributed by atoms with van der Waals surface area (Å²) in [5, 5.41) is 32.2. The number of phenols is 2. The molecule has 0 aliphatic heterocycles. The van der Waals surface area contributed by atoms with Crippen molar-refractivity contribution in [2.75, 3.05) is 13.2 Å². The van der Waals surface area contributed by atoms with Crippen molar-refractivity contribution in [1.82, 2.24) is 30.6 Å². The van der Waals surface area contributed by atoms with Crippen molar-refractivity contribution in [2.45, 2.75) is 12.1 Å². The summed E-state index contributed by atoms with van der Waals surface area (Å²) >= 11 is 13.1. The molecule has 4 aromatic heterocycles. The summed E-state index contributed by atoms with van der Waals surface area (Å²) in [7, 11) is 0. The van der Waals surface area contributed by atoms with Crippen molar-refractivity contribution < 1.29 is 29.3 Å². The van der Waals surface area contributed by atoms with Gasteiger partial charge in [-0.3, -0.25) is 29.5 Å². The van der Waals surface area contributed by atoms with E-state index in [2.05, 4.69) is 30.6 Å². The maximum Gasteiger partial charge on any atom is 0.258 e. The van der Waals surface area contributed by atoms with Crippen LogP contribution < -0.4 is 20.1 Å². The van der Waals surface area contributed by atoms with Crippen LogP contribution in [0.15, 0.2) is 183 Å². The molecular weight excluding hydrogens is 900 g/mol. The van der Waals surface area contributed by atoms with Crippen LogP contribution >= 0.6 is 23.2 Å². The molecule has 10 rings (SSSR count). The number of pyridine rings is 4. The number of amides is 2. The van der Waals surface area contributed by atoms with Crippen molar-refractivity contribution in [3.8, 4) is 23.0 Å². The van der Waals surface area contributed by atoms with Gasteiger partial charge in [0.2, 0.25) is 0 Å². The number of halogens is 2. The number of aromatic hydroxyl groups is 2. The molecule has 0 spiro atoms. The van der Waals surface area contributed by atoms with Gasteiger partial charge in [0.15, 0.2) is 13.2 Å². The molecule has 14 heteroatoms. The number of nitrogens with one attached hydrogen (secondary N) is 2. The molecule has 0 fully saturated rings. The smallest absolute Gasteiger partial charge is 0.258 e. The Balaban J connectivity index is 0.000000170. The van der Waals surface area contributed by atoms with E-state index >= 15 is 0 Å². The fourth-order valence-electron chi connectivity index (χ4n) is 7.98. The fourth-order valence-corrected chi connectivity index (χ4v) is 8.52. The minimum absolute atomic E-state index is 0.0461. The molecule has 2 atom stereocenters. The third-order valence-electron chi connectivity index (χ3n) is 11.1. The molecule has 4 N–H and O–H groups in total. The second-order valence-corrected chi connectivity index (χ2v) is 16.2. The number of hydrogen-bond acceptors (Lipinski definition) is 10. The van der Waals surface area contributed by atoms with Gasteiger partial charge in [-0.2, -0.15) is 0 Å². The lowest BCUT2D eigenvalue weighted by molar-refractivity contribution is -0.124. The molecule has 2 unspecified atom stereocenters. The molecule has 0 saturated heterocycles. The van der Waals surface area contributed by atoms with Gasteiger partial charge < -0.3 is 30.3 Å². The zero-order chi connectivity index (χ0) is 47.0. The number of carbonyl (C=O) groups is 2. The molecule has 68 heavy (non-hydrogen) atoms. The molecule has 0 saturated carbocycles. The molecular formula is C54H40Cl2N6O6. The number of rotatable bonds is 12. The zero-order valence-corrected chi connectivity index (χ0v) is 37.5. The van der Waals surface area contributed by atoms with E-state index in [1.807, 2.05) is 97.1 Å². The highest BCUT2D eigenvalue weighted by molar-refractivity contribution is 6.36. The molecule has 4 heterocycles. The van der Waals surface area contributed by atoms with E-state index in [4.69, 9.17) is 32.7 Å². The summed E-state index contributed by atoms with van der Waals surface area (Å²) in [5.41, 5.74) is 4.65. The van der Waals surface area contributed by atoms with Gasteiger partial charge >= 0.3 is 0 Å². The molecule has 12 nitrogen and oxygen atoms in total. The monoisotopic (exact) mass is 938 g/mol. The van der Waals surface area contributed by atoms with Crippen molar-refractivity contribution >= 4 is 78.6 Å².